The van der Waals surface area contributed by atoms with E-state index in [4.69, 9.17) is 5.73 Å². The Morgan fingerprint density at radius 2 is 1.57 bits per heavy atom. The summed E-state index contributed by atoms with van der Waals surface area (Å²) in [7, 11) is 0. The maximum Gasteiger partial charge on any atom is 0.0936 e. The van der Waals surface area contributed by atoms with Crippen LogP contribution in [0.4, 0.5) is 17.1 Å². The van der Waals surface area contributed by atoms with Gasteiger partial charge in [-0.3, -0.25) is 0 Å². The Labute approximate surface area is 136 Å². The molecule has 0 atom stereocenters. The van der Waals surface area contributed by atoms with Crippen molar-refractivity contribution in [2.24, 2.45) is 10.2 Å². The number of rotatable bonds is 5. The van der Waals surface area contributed by atoms with Crippen molar-refractivity contribution in [2.75, 3.05) is 5.73 Å². The van der Waals surface area contributed by atoms with Crippen LogP contribution in [0.1, 0.15) is 25.3 Å². The molecule has 0 fully saturated rings. The highest BCUT2D eigenvalue weighted by Gasteiger charge is 2.02. The summed E-state index contributed by atoms with van der Waals surface area (Å²) in [4.78, 5) is 0. The minimum absolute atomic E-state index is 0.764. The number of nitrogen functional groups attached to an aromatic ring is 1. The number of aryl methyl sites for hydroxylation is 1. The second-order valence-electron chi connectivity index (χ2n) is 5.69. The van der Waals surface area contributed by atoms with Crippen LogP contribution in [0.15, 0.2) is 70.9 Å². The van der Waals surface area contributed by atoms with E-state index < -0.39 is 0 Å². The van der Waals surface area contributed by atoms with E-state index in [-0.39, 0.29) is 0 Å². The molecule has 0 unspecified atom stereocenters. The number of nitrogens with two attached hydrogens (primary N) is 1. The zero-order valence-electron chi connectivity index (χ0n) is 13.4. The highest BCUT2D eigenvalue weighted by Crippen LogP contribution is 2.31. The summed E-state index contributed by atoms with van der Waals surface area (Å²) in [6, 6.07) is 20.1. The minimum atomic E-state index is 0.764. The van der Waals surface area contributed by atoms with E-state index in [9.17, 15) is 0 Å². The van der Waals surface area contributed by atoms with E-state index in [0.717, 1.165) is 34.3 Å². The molecule has 2 N–H and O–H groups in total. The van der Waals surface area contributed by atoms with Gasteiger partial charge in [0.05, 0.1) is 11.4 Å². The van der Waals surface area contributed by atoms with Crippen LogP contribution >= 0.6 is 0 Å². The van der Waals surface area contributed by atoms with Crippen molar-refractivity contribution < 1.29 is 0 Å². The minimum Gasteiger partial charge on any atom is -0.398 e. The van der Waals surface area contributed by atoms with E-state index >= 15 is 0 Å². The van der Waals surface area contributed by atoms with Gasteiger partial charge in [-0.05, 0) is 42.7 Å². The van der Waals surface area contributed by atoms with Crippen LogP contribution in [-0.2, 0) is 6.42 Å². The Bertz CT molecular complexity index is 820. The van der Waals surface area contributed by atoms with Gasteiger partial charge in [0.1, 0.15) is 0 Å². The monoisotopic (exact) mass is 303 g/mol. The third kappa shape index (κ3) is 3.57. The summed E-state index contributed by atoms with van der Waals surface area (Å²) in [5.41, 5.74) is 9.84. The van der Waals surface area contributed by atoms with Gasteiger partial charge in [0.2, 0.25) is 0 Å². The first-order valence-electron chi connectivity index (χ1n) is 8.06. The Balaban J connectivity index is 1.84. The lowest BCUT2D eigenvalue weighted by molar-refractivity contribution is 0.795. The topological polar surface area (TPSA) is 50.7 Å². The van der Waals surface area contributed by atoms with Gasteiger partial charge in [-0.2, -0.15) is 5.11 Å². The first-order chi connectivity index (χ1) is 11.3. The lowest BCUT2D eigenvalue weighted by Crippen LogP contribution is -1.86. The molecule has 3 nitrogen and oxygen atoms in total. The zero-order valence-corrected chi connectivity index (χ0v) is 13.4. The van der Waals surface area contributed by atoms with Crippen LogP contribution in [0.2, 0.25) is 0 Å². The molecule has 3 aromatic rings. The Kier molecular flexibility index (Phi) is 4.67. The maximum atomic E-state index is 6.02. The molecule has 0 spiro atoms. The van der Waals surface area contributed by atoms with Crippen LogP contribution in [0.5, 0.6) is 0 Å². The number of fused-ring (bicyclic) bond motifs is 1. The second kappa shape index (κ2) is 7.05. The number of hydrogen-bond donors (Lipinski definition) is 1. The summed E-state index contributed by atoms with van der Waals surface area (Å²) in [6.45, 7) is 2.21. The molecule has 3 aromatic carbocycles. The summed E-state index contributed by atoms with van der Waals surface area (Å²) >= 11 is 0. The van der Waals surface area contributed by atoms with Crippen LogP contribution < -0.4 is 5.73 Å². The molecule has 0 aliphatic heterocycles. The fourth-order valence-electron chi connectivity index (χ4n) is 2.62. The molecular formula is C20H21N3. The lowest BCUT2D eigenvalue weighted by atomic mass is 10.1. The van der Waals surface area contributed by atoms with Crippen molar-refractivity contribution >= 4 is 27.8 Å². The number of azo groups is 1. The fourth-order valence-corrected chi connectivity index (χ4v) is 2.62. The van der Waals surface area contributed by atoms with Crippen molar-refractivity contribution in [1.82, 2.24) is 0 Å². The van der Waals surface area contributed by atoms with Crippen molar-refractivity contribution in [3.8, 4) is 0 Å². The Morgan fingerprint density at radius 3 is 2.30 bits per heavy atom. The molecule has 0 radical (unpaired) electrons. The third-order valence-corrected chi connectivity index (χ3v) is 3.96. The standard InChI is InChI=1S/C20H21N3/c1-2-3-6-15-9-11-16(12-10-15)22-23-20-14-13-19(21)17-7-4-5-8-18(17)20/h4-5,7-14H,2-3,6,21H2,1H3/b23-22+. The molecule has 0 saturated carbocycles. The van der Waals surface area contributed by atoms with E-state index in [1.807, 2.05) is 48.5 Å². The molecule has 0 saturated heterocycles. The van der Waals surface area contributed by atoms with Gasteiger partial charge < -0.3 is 5.73 Å². The smallest absolute Gasteiger partial charge is 0.0936 e. The molecule has 0 aliphatic rings. The van der Waals surface area contributed by atoms with Gasteiger partial charge >= 0.3 is 0 Å². The molecule has 23 heavy (non-hydrogen) atoms. The first-order valence-corrected chi connectivity index (χ1v) is 8.06. The quantitative estimate of drug-likeness (QED) is 0.444. The largest absolute Gasteiger partial charge is 0.398 e. The first kappa shape index (κ1) is 15.2. The van der Waals surface area contributed by atoms with E-state index in [2.05, 4.69) is 29.3 Å². The predicted octanol–water partition coefficient (Wildman–Crippen LogP) is 6.18. The molecular weight excluding hydrogens is 282 g/mol. The van der Waals surface area contributed by atoms with Gasteiger partial charge in [0.25, 0.3) is 0 Å². The van der Waals surface area contributed by atoms with Crippen molar-refractivity contribution in [2.45, 2.75) is 26.2 Å². The van der Waals surface area contributed by atoms with Gasteiger partial charge in [-0.15, -0.1) is 5.11 Å². The number of unbranched alkanes of at least 4 members (excludes halogenated alkanes) is 1. The van der Waals surface area contributed by atoms with E-state index in [1.54, 1.807) is 0 Å². The van der Waals surface area contributed by atoms with Crippen LogP contribution in [0.25, 0.3) is 10.8 Å². The molecule has 0 aliphatic carbocycles. The number of nitrogens with zero attached hydrogens (tertiary/aromatic N) is 2. The Hall–Kier alpha value is -2.68. The van der Waals surface area contributed by atoms with Crippen LogP contribution in [0.3, 0.4) is 0 Å². The van der Waals surface area contributed by atoms with Crippen molar-refractivity contribution in [3.63, 3.8) is 0 Å². The van der Waals surface area contributed by atoms with Crippen molar-refractivity contribution in [1.29, 1.82) is 0 Å². The van der Waals surface area contributed by atoms with Crippen LogP contribution in [-0.4, -0.2) is 0 Å². The second-order valence-corrected chi connectivity index (χ2v) is 5.69. The van der Waals surface area contributed by atoms with E-state index in [0.29, 0.717) is 0 Å². The summed E-state index contributed by atoms with van der Waals surface area (Å²) in [5, 5.41) is 10.8. The van der Waals surface area contributed by atoms with Gasteiger partial charge in [-0.25, -0.2) is 0 Å². The van der Waals surface area contributed by atoms with E-state index in [1.165, 1.54) is 18.4 Å². The average molecular weight is 303 g/mol. The molecule has 3 heteroatoms. The van der Waals surface area contributed by atoms with Gasteiger partial charge in [0, 0.05) is 16.5 Å². The van der Waals surface area contributed by atoms with Gasteiger partial charge in [0.15, 0.2) is 0 Å². The highest BCUT2D eigenvalue weighted by molar-refractivity contribution is 5.99. The normalized spacial score (nSPS) is 11.3. The maximum absolute atomic E-state index is 6.02. The molecule has 0 amide bonds. The molecule has 3 rings (SSSR count). The molecule has 116 valence electrons. The lowest BCUT2D eigenvalue weighted by Gasteiger charge is -2.04. The SMILES string of the molecule is CCCCc1ccc(/N=N/c2ccc(N)c3ccccc23)cc1. The third-order valence-electron chi connectivity index (χ3n) is 3.96. The summed E-state index contributed by atoms with van der Waals surface area (Å²) < 4.78 is 0. The fraction of sp³-hybridized carbons (Fsp3) is 0.200. The van der Waals surface area contributed by atoms with Gasteiger partial charge in [-0.1, -0.05) is 49.7 Å². The molecule has 0 bridgehead atoms. The Morgan fingerprint density at radius 1 is 0.826 bits per heavy atom. The summed E-state index contributed by atoms with van der Waals surface area (Å²) in [6.07, 6.45) is 3.56. The summed E-state index contributed by atoms with van der Waals surface area (Å²) in [5.74, 6) is 0. The zero-order chi connectivity index (χ0) is 16.1. The predicted molar refractivity (Wildman–Crippen MR) is 97.6 cm³/mol. The number of benzene rings is 3. The number of anilines is 1. The molecule has 0 aromatic heterocycles. The average Bonchev–Trinajstić information content (AvgIpc) is 2.60. The van der Waals surface area contributed by atoms with Crippen molar-refractivity contribution in [3.05, 3.63) is 66.2 Å². The molecule has 0 heterocycles. The van der Waals surface area contributed by atoms with Crippen LogP contribution in [0, 0.1) is 0 Å². The highest BCUT2D eigenvalue weighted by atomic mass is 15.1. The number of hydrogen-bond acceptors (Lipinski definition) is 3.